The van der Waals surface area contributed by atoms with Gasteiger partial charge >= 0.3 is 0 Å². The lowest BCUT2D eigenvalue weighted by atomic mass is 9.82. The number of hydrogen-bond acceptors (Lipinski definition) is 6. The second-order valence-corrected chi connectivity index (χ2v) is 18.1. The number of thiophene rings is 2. The fraction of sp³-hybridized carbons (Fsp3) is 0.659. The highest BCUT2D eigenvalue weighted by atomic mass is 32.1. The number of ether oxygens (including phenoxy) is 1. The van der Waals surface area contributed by atoms with Crippen molar-refractivity contribution >= 4 is 33.7 Å². The predicted molar refractivity (Wildman–Crippen MR) is 206 cm³/mol. The molecule has 0 aliphatic rings. The number of benzene rings is 1. The van der Waals surface area contributed by atoms with Crippen LogP contribution in [-0.4, -0.2) is 16.4 Å². The second kappa shape index (κ2) is 16.5. The molecular weight excluding hydrogens is 617 g/mol. The molecule has 0 radical (unpaired) electrons. The fourth-order valence-corrected chi connectivity index (χ4v) is 9.41. The van der Waals surface area contributed by atoms with E-state index in [-0.39, 0.29) is 16.9 Å². The summed E-state index contributed by atoms with van der Waals surface area (Å²) >= 11 is 3.84. The van der Waals surface area contributed by atoms with Crippen LogP contribution in [0.1, 0.15) is 161 Å². The fourth-order valence-electron chi connectivity index (χ4n) is 6.88. The van der Waals surface area contributed by atoms with E-state index in [1.165, 1.54) is 100 Å². The summed E-state index contributed by atoms with van der Waals surface area (Å²) in [6, 6.07) is 7.14. The van der Waals surface area contributed by atoms with Gasteiger partial charge in [0.15, 0.2) is 0 Å². The Hall–Kier alpha value is -2.18. The van der Waals surface area contributed by atoms with Gasteiger partial charge in [0.05, 0.1) is 15.9 Å². The standard InChI is InChI=1S/C41H62N2O2S2/c1-12-15-18-19-22-29(21-17-14-3)24-30-25-33(31-23-27(4)35(41(9,10)11)37-36(31)42-45-43-37)46-38(30)39-32(44-28(5)20-16-13-2)26-34(47-39)40(6,7)8/h23,25-26,28-29H,12-22,24H2,1-11H3. The minimum Gasteiger partial charge on any atom is -0.489 e. The number of aryl methyl sites for hydroxylation is 1. The third-order valence-electron chi connectivity index (χ3n) is 9.44. The predicted octanol–water partition coefficient (Wildman–Crippen LogP) is 13.9. The van der Waals surface area contributed by atoms with Crippen molar-refractivity contribution in [3.8, 4) is 25.9 Å². The topological polar surface area (TPSA) is 48.2 Å². The van der Waals surface area contributed by atoms with E-state index >= 15 is 0 Å². The minimum atomic E-state index is -0.0590. The lowest BCUT2D eigenvalue weighted by Crippen LogP contribution is -2.14. The van der Waals surface area contributed by atoms with Gasteiger partial charge in [0.25, 0.3) is 0 Å². The Morgan fingerprint density at radius 2 is 1.40 bits per heavy atom. The molecule has 4 rings (SSSR count). The van der Waals surface area contributed by atoms with Crippen molar-refractivity contribution in [1.82, 2.24) is 10.3 Å². The van der Waals surface area contributed by atoms with E-state index in [4.69, 9.17) is 9.37 Å². The highest BCUT2D eigenvalue weighted by Crippen LogP contribution is 2.50. The van der Waals surface area contributed by atoms with E-state index in [9.17, 15) is 0 Å². The highest BCUT2D eigenvalue weighted by Gasteiger charge is 2.29. The third kappa shape index (κ3) is 9.50. The molecule has 6 heteroatoms. The van der Waals surface area contributed by atoms with Crippen molar-refractivity contribution in [2.75, 3.05) is 0 Å². The van der Waals surface area contributed by atoms with Crippen molar-refractivity contribution in [3.05, 3.63) is 39.8 Å². The van der Waals surface area contributed by atoms with Crippen LogP contribution in [0.5, 0.6) is 5.75 Å². The maximum atomic E-state index is 6.82. The molecule has 3 aromatic heterocycles. The van der Waals surface area contributed by atoms with Crippen LogP contribution in [0.25, 0.3) is 31.2 Å². The maximum absolute atomic E-state index is 6.82. The van der Waals surface area contributed by atoms with Gasteiger partial charge in [-0.15, -0.1) is 22.7 Å². The van der Waals surface area contributed by atoms with Crippen molar-refractivity contribution in [2.45, 2.75) is 170 Å². The Morgan fingerprint density at radius 3 is 2.06 bits per heavy atom. The van der Waals surface area contributed by atoms with Crippen LogP contribution < -0.4 is 4.74 Å². The Kier molecular flexibility index (Phi) is 13.2. The SMILES string of the molecule is CCCCCCC(CCCC)Cc1cc(-c2cc(C)c(C(C)(C)C)c3nonc23)sc1-c1sc(C(C)(C)C)cc1OC(C)CCCC. The quantitative estimate of drug-likeness (QED) is 0.104. The molecule has 0 aliphatic heterocycles. The summed E-state index contributed by atoms with van der Waals surface area (Å²) in [4.78, 5) is 5.29. The number of rotatable bonds is 17. The van der Waals surface area contributed by atoms with E-state index in [1.807, 2.05) is 22.7 Å². The minimum absolute atomic E-state index is 0.0509. The zero-order valence-electron chi connectivity index (χ0n) is 31.4. The normalized spacial score (nSPS) is 13.9. The summed E-state index contributed by atoms with van der Waals surface area (Å²) in [5.74, 6) is 1.74. The third-order valence-corrected chi connectivity index (χ3v) is 12.4. The summed E-state index contributed by atoms with van der Waals surface area (Å²) in [7, 11) is 0. The monoisotopic (exact) mass is 678 g/mol. The summed E-state index contributed by atoms with van der Waals surface area (Å²) in [5, 5.41) is 8.95. The average Bonchev–Trinajstić information content (AvgIpc) is 3.74. The average molecular weight is 679 g/mol. The lowest BCUT2D eigenvalue weighted by Gasteiger charge is -2.22. The van der Waals surface area contributed by atoms with Crippen molar-refractivity contribution in [3.63, 3.8) is 0 Å². The maximum Gasteiger partial charge on any atom is 0.144 e. The van der Waals surface area contributed by atoms with E-state index in [0.29, 0.717) is 5.92 Å². The van der Waals surface area contributed by atoms with Gasteiger partial charge in [0, 0.05) is 15.3 Å². The van der Waals surface area contributed by atoms with Crippen LogP contribution in [0.15, 0.2) is 22.8 Å². The highest BCUT2D eigenvalue weighted by molar-refractivity contribution is 7.24. The van der Waals surface area contributed by atoms with Gasteiger partial charge in [-0.3, -0.25) is 0 Å². The smallest absolute Gasteiger partial charge is 0.144 e. The van der Waals surface area contributed by atoms with Crippen LogP contribution in [0, 0.1) is 12.8 Å². The van der Waals surface area contributed by atoms with Crippen LogP contribution in [0.3, 0.4) is 0 Å². The molecule has 4 nitrogen and oxygen atoms in total. The Bertz CT molecular complexity index is 1560. The molecule has 0 aliphatic carbocycles. The molecule has 3 heterocycles. The molecule has 0 amide bonds. The molecule has 0 fully saturated rings. The molecule has 0 saturated heterocycles. The number of aromatic nitrogens is 2. The molecule has 2 atom stereocenters. The first-order chi connectivity index (χ1) is 22.3. The largest absolute Gasteiger partial charge is 0.489 e. The van der Waals surface area contributed by atoms with Crippen LogP contribution >= 0.6 is 22.7 Å². The van der Waals surface area contributed by atoms with E-state index in [0.717, 1.165) is 35.2 Å². The molecule has 260 valence electrons. The van der Waals surface area contributed by atoms with E-state index in [1.54, 1.807) is 0 Å². The summed E-state index contributed by atoms with van der Waals surface area (Å²) in [6.45, 7) is 25.0. The number of fused-ring (bicyclic) bond motifs is 1. The molecule has 47 heavy (non-hydrogen) atoms. The Labute approximate surface area is 294 Å². The number of nitrogens with zero attached hydrogens (tertiary/aromatic N) is 2. The van der Waals surface area contributed by atoms with Crippen LogP contribution in [0.2, 0.25) is 0 Å². The van der Waals surface area contributed by atoms with Gasteiger partial charge in [-0.1, -0.05) is 127 Å². The molecule has 0 saturated carbocycles. The molecular formula is C41H62N2O2S2. The van der Waals surface area contributed by atoms with Crippen molar-refractivity contribution in [1.29, 1.82) is 0 Å². The molecule has 4 aromatic rings. The molecule has 0 bridgehead atoms. The first kappa shape index (κ1) is 37.6. The molecule has 0 N–H and O–H groups in total. The van der Waals surface area contributed by atoms with Crippen molar-refractivity contribution < 1.29 is 9.37 Å². The van der Waals surface area contributed by atoms with E-state index < -0.39 is 0 Å². The van der Waals surface area contributed by atoms with Gasteiger partial charge in [-0.25, -0.2) is 4.63 Å². The van der Waals surface area contributed by atoms with Crippen molar-refractivity contribution in [2.24, 2.45) is 5.92 Å². The molecule has 2 unspecified atom stereocenters. The van der Waals surface area contributed by atoms with Gasteiger partial charge in [-0.2, -0.15) is 0 Å². The zero-order chi connectivity index (χ0) is 34.4. The summed E-state index contributed by atoms with van der Waals surface area (Å²) in [6.07, 6.45) is 15.1. The first-order valence-corrected chi connectivity index (χ1v) is 20.1. The van der Waals surface area contributed by atoms with E-state index in [2.05, 4.69) is 105 Å². The lowest BCUT2D eigenvalue weighted by molar-refractivity contribution is 0.209. The number of unbranched alkanes of at least 4 members (excludes halogenated alkanes) is 5. The van der Waals surface area contributed by atoms with Gasteiger partial charge in [-0.05, 0) is 88.6 Å². The van der Waals surface area contributed by atoms with Gasteiger partial charge < -0.3 is 4.74 Å². The summed E-state index contributed by atoms with van der Waals surface area (Å²) < 4.78 is 12.3. The van der Waals surface area contributed by atoms with Gasteiger partial charge in [0.1, 0.15) is 16.8 Å². The second-order valence-electron chi connectivity index (χ2n) is 16.0. The Balaban J connectivity index is 1.89. The first-order valence-electron chi connectivity index (χ1n) is 18.5. The van der Waals surface area contributed by atoms with Gasteiger partial charge in [0.2, 0.25) is 0 Å². The zero-order valence-corrected chi connectivity index (χ0v) is 33.0. The Morgan fingerprint density at radius 1 is 0.745 bits per heavy atom. The number of hydrogen-bond donors (Lipinski definition) is 0. The summed E-state index contributed by atoms with van der Waals surface area (Å²) in [5.41, 5.74) is 6.79. The molecule has 0 spiro atoms. The van der Waals surface area contributed by atoms with Crippen LogP contribution in [-0.2, 0) is 17.3 Å². The molecule has 1 aromatic carbocycles. The van der Waals surface area contributed by atoms with Crippen LogP contribution in [0.4, 0.5) is 0 Å².